The molecular weight excluding hydrogens is 290 g/mol. The van der Waals surface area contributed by atoms with Crippen LogP contribution >= 0.6 is 0 Å². The number of rotatable bonds is 9. The lowest BCUT2D eigenvalue weighted by Gasteiger charge is -1.91. The van der Waals surface area contributed by atoms with E-state index in [9.17, 15) is 0 Å². The second-order valence-electron chi connectivity index (χ2n) is 5.76. The van der Waals surface area contributed by atoms with Crippen molar-refractivity contribution in [3.63, 3.8) is 0 Å². The van der Waals surface area contributed by atoms with Crippen LogP contribution in [0, 0.1) is 5.41 Å². The van der Waals surface area contributed by atoms with Gasteiger partial charge in [0.2, 0.25) is 0 Å². The van der Waals surface area contributed by atoms with E-state index in [4.69, 9.17) is 5.41 Å². The van der Waals surface area contributed by atoms with E-state index >= 15 is 0 Å². The first-order valence-electron chi connectivity index (χ1n) is 8.32. The Balaban J connectivity index is 4.54. The molecule has 0 aliphatic carbocycles. The molecule has 0 aromatic carbocycles. The summed E-state index contributed by atoms with van der Waals surface area (Å²) in [5.41, 5.74) is 4.83. The summed E-state index contributed by atoms with van der Waals surface area (Å²) in [6, 6.07) is 0. The van der Waals surface area contributed by atoms with Crippen molar-refractivity contribution in [2.24, 2.45) is 0 Å². The fourth-order valence-corrected chi connectivity index (χ4v) is 1.79. The molecule has 0 aromatic heterocycles. The van der Waals surface area contributed by atoms with Crippen molar-refractivity contribution >= 4 is 6.21 Å². The van der Waals surface area contributed by atoms with Gasteiger partial charge in [0.15, 0.2) is 0 Å². The quantitative estimate of drug-likeness (QED) is 0.347. The fraction of sp³-hybridized carbons (Fsp3) is 0.261. The molecule has 24 heavy (non-hydrogen) atoms. The molecule has 1 N–H and O–H groups in total. The highest BCUT2D eigenvalue weighted by Gasteiger charge is 1.83. The van der Waals surface area contributed by atoms with Crippen molar-refractivity contribution < 1.29 is 0 Å². The second-order valence-corrected chi connectivity index (χ2v) is 5.76. The van der Waals surface area contributed by atoms with Gasteiger partial charge in [0.1, 0.15) is 0 Å². The topological polar surface area (TPSA) is 23.9 Å². The predicted molar refractivity (Wildman–Crippen MR) is 111 cm³/mol. The van der Waals surface area contributed by atoms with Crippen molar-refractivity contribution in [3.05, 3.63) is 95.2 Å². The maximum atomic E-state index is 7.05. The molecule has 0 bridgehead atoms. The monoisotopic (exact) mass is 321 g/mol. The molecule has 0 radical (unpaired) electrons. The van der Waals surface area contributed by atoms with E-state index in [2.05, 4.69) is 69.4 Å². The SMILES string of the molecule is CC=C/C(C)=C/C=C/C(C)=C/C=C/C=C(C)\C=C\C=C(/C)CC=N. The predicted octanol–water partition coefficient (Wildman–Crippen LogP) is 7.06. The molecule has 0 atom stereocenters. The first-order valence-corrected chi connectivity index (χ1v) is 8.32. The van der Waals surface area contributed by atoms with Crippen LogP contribution in [0.2, 0.25) is 0 Å². The van der Waals surface area contributed by atoms with E-state index in [1.807, 2.05) is 38.2 Å². The van der Waals surface area contributed by atoms with Gasteiger partial charge >= 0.3 is 0 Å². The molecule has 0 heterocycles. The maximum absolute atomic E-state index is 7.05. The minimum absolute atomic E-state index is 0.716. The third-order valence-corrected chi connectivity index (χ3v) is 3.14. The molecule has 0 aliphatic heterocycles. The average Bonchev–Trinajstić information content (AvgIpc) is 2.52. The number of hydrogen-bond acceptors (Lipinski definition) is 1. The molecule has 0 aromatic rings. The summed E-state index contributed by atoms with van der Waals surface area (Å²) in [6.45, 7) is 10.3. The zero-order valence-electron chi connectivity index (χ0n) is 15.7. The number of hydrogen-bond donors (Lipinski definition) is 1. The van der Waals surface area contributed by atoms with Crippen molar-refractivity contribution in [1.29, 1.82) is 5.41 Å². The minimum atomic E-state index is 0.716. The zero-order valence-corrected chi connectivity index (χ0v) is 15.7. The van der Waals surface area contributed by atoms with Gasteiger partial charge in [-0.3, -0.25) is 0 Å². The normalized spacial score (nSPS) is 15.5. The van der Waals surface area contributed by atoms with Crippen LogP contribution in [0.15, 0.2) is 95.2 Å². The summed E-state index contributed by atoms with van der Waals surface area (Å²) in [4.78, 5) is 0. The Hall–Kier alpha value is -2.41. The van der Waals surface area contributed by atoms with Crippen LogP contribution in [0.5, 0.6) is 0 Å². The van der Waals surface area contributed by atoms with Crippen molar-refractivity contribution in [3.8, 4) is 0 Å². The first-order chi connectivity index (χ1) is 11.5. The van der Waals surface area contributed by atoms with Crippen LogP contribution in [0.4, 0.5) is 0 Å². The highest BCUT2D eigenvalue weighted by atomic mass is 14.3. The van der Waals surface area contributed by atoms with Crippen molar-refractivity contribution in [2.75, 3.05) is 0 Å². The molecule has 1 nitrogen and oxygen atoms in total. The molecule has 0 saturated heterocycles. The summed E-state index contributed by atoms with van der Waals surface area (Å²) < 4.78 is 0. The maximum Gasteiger partial charge on any atom is 0.00305 e. The molecule has 0 saturated carbocycles. The van der Waals surface area contributed by atoms with E-state index < -0.39 is 0 Å². The van der Waals surface area contributed by atoms with Gasteiger partial charge in [0.05, 0.1) is 0 Å². The molecule has 128 valence electrons. The van der Waals surface area contributed by atoms with Crippen LogP contribution in [0.1, 0.15) is 41.0 Å². The van der Waals surface area contributed by atoms with E-state index in [1.165, 1.54) is 28.5 Å². The largest absolute Gasteiger partial charge is 0.313 e. The Labute approximate surface area is 148 Å². The van der Waals surface area contributed by atoms with Gasteiger partial charge in [-0.2, -0.15) is 0 Å². The van der Waals surface area contributed by atoms with Crippen LogP contribution in [-0.4, -0.2) is 6.21 Å². The van der Waals surface area contributed by atoms with Crippen LogP contribution in [-0.2, 0) is 0 Å². The summed E-state index contributed by atoms with van der Waals surface area (Å²) in [7, 11) is 0. The summed E-state index contributed by atoms with van der Waals surface area (Å²) in [6.07, 6.45) is 27.0. The van der Waals surface area contributed by atoms with Crippen molar-refractivity contribution in [1.82, 2.24) is 0 Å². The molecule has 0 aliphatic rings. The third kappa shape index (κ3) is 13.3. The molecular formula is C23H31N. The minimum Gasteiger partial charge on any atom is -0.313 e. The Morgan fingerprint density at radius 1 is 0.667 bits per heavy atom. The Morgan fingerprint density at radius 3 is 1.62 bits per heavy atom. The van der Waals surface area contributed by atoms with Gasteiger partial charge in [-0.05, 0) is 40.8 Å². The van der Waals surface area contributed by atoms with Gasteiger partial charge in [-0.1, -0.05) is 95.2 Å². The molecule has 0 amide bonds. The lowest BCUT2D eigenvalue weighted by Crippen LogP contribution is -1.75. The van der Waals surface area contributed by atoms with Crippen LogP contribution in [0.3, 0.4) is 0 Å². The number of nitrogens with one attached hydrogen (secondary N) is 1. The summed E-state index contributed by atoms with van der Waals surface area (Å²) in [5.74, 6) is 0. The summed E-state index contributed by atoms with van der Waals surface area (Å²) >= 11 is 0. The van der Waals surface area contributed by atoms with Crippen LogP contribution in [0.25, 0.3) is 0 Å². The number of allylic oxidation sites excluding steroid dienone is 16. The van der Waals surface area contributed by atoms with E-state index in [-0.39, 0.29) is 0 Å². The third-order valence-electron chi connectivity index (χ3n) is 3.14. The standard InChI is InChI=1S/C23H31N/c1-6-11-20(2)14-9-15-21(3)12-7-8-13-22(4)16-10-17-23(5)18-19-24/h6-17,19,24H,18H2,1-5H3/b8-7+,11-6?,15-9+,16-10+,20-14+,21-12+,22-13-,23-17+,24-19?. The summed E-state index contributed by atoms with van der Waals surface area (Å²) in [5, 5.41) is 7.05. The van der Waals surface area contributed by atoms with Gasteiger partial charge in [0.25, 0.3) is 0 Å². The Morgan fingerprint density at radius 2 is 1.12 bits per heavy atom. The van der Waals surface area contributed by atoms with Gasteiger partial charge < -0.3 is 5.41 Å². The fourth-order valence-electron chi connectivity index (χ4n) is 1.79. The smallest absolute Gasteiger partial charge is 0.00305 e. The Kier molecular flexibility index (Phi) is 12.8. The molecule has 0 fully saturated rings. The van der Waals surface area contributed by atoms with E-state index in [0.717, 1.165) is 0 Å². The van der Waals surface area contributed by atoms with Gasteiger partial charge in [0, 0.05) is 6.42 Å². The van der Waals surface area contributed by atoms with Gasteiger partial charge in [-0.25, -0.2) is 0 Å². The van der Waals surface area contributed by atoms with Crippen molar-refractivity contribution in [2.45, 2.75) is 41.0 Å². The lowest BCUT2D eigenvalue weighted by molar-refractivity contribution is 1.27. The zero-order chi connectivity index (χ0) is 18.2. The Bertz CT molecular complexity index is 614. The highest BCUT2D eigenvalue weighted by molar-refractivity contribution is 5.57. The molecule has 1 heteroatoms. The first kappa shape index (κ1) is 21.6. The van der Waals surface area contributed by atoms with E-state index in [1.54, 1.807) is 0 Å². The molecule has 0 unspecified atom stereocenters. The van der Waals surface area contributed by atoms with Gasteiger partial charge in [-0.15, -0.1) is 0 Å². The second kappa shape index (κ2) is 14.2. The van der Waals surface area contributed by atoms with Crippen LogP contribution < -0.4 is 0 Å². The molecule has 0 rings (SSSR count). The molecule has 0 spiro atoms. The lowest BCUT2D eigenvalue weighted by atomic mass is 10.2. The average molecular weight is 322 g/mol. The highest BCUT2D eigenvalue weighted by Crippen LogP contribution is 2.02. The van der Waals surface area contributed by atoms with E-state index in [0.29, 0.717) is 6.42 Å².